The molecule has 0 unspecified atom stereocenters. The molecule has 3 rings (SSSR count). The third-order valence-corrected chi connectivity index (χ3v) is 5.88. The first-order valence-corrected chi connectivity index (χ1v) is 10.6. The van der Waals surface area contributed by atoms with Crippen molar-refractivity contribution in [3.05, 3.63) is 47.1 Å². The van der Waals surface area contributed by atoms with Crippen LogP contribution in [-0.2, 0) is 10.0 Å². The number of amides is 1. The van der Waals surface area contributed by atoms with Gasteiger partial charge in [-0.1, -0.05) is 46.8 Å². The maximum Gasteiger partial charge on any atom is 0.273 e. The Morgan fingerprint density at radius 2 is 2.04 bits per heavy atom. The lowest BCUT2D eigenvalue weighted by Crippen LogP contribution is -2.31. The molecule has 0 saturated carbocycles. The van der Waals surface area contributed by atoms with Crippen LogP contribution in [0.3, 0.4) is 0 Å². The van der Waals surface area contributed by atoms with Crippen molar-refractivity contribution in [2.24, 2.45) is 0 Å². The molecule has 3 aromatic rings. The molecule has 1 amide bonds. The third-order valence-electron chi connectivity index (χ3n) is 3.50. The molecule has 28 heavy (non-hydrogen) atoms. The molecule has 0 aliphatic carbocycles. The second-order valence-electron chi connectivity index (χ2n) is 5.74. The Kier molecular flexibility index (Phi) is 6.02. The number of rotatable bonds is 8. The number of carbonyl (C=O) groups excluding carboxylic acids is 1. The summed E-state index contributed by atoms with van der Waals surface area (Å²) in [5.41, 5.74) is 0.823. The van der Waals surface area contributed by atoms with Crippen LogP contribution in [0.15, 0.2) is 40.9 Å². The van der Waals surface area contributed by atoms with E-state index in [4.69, 9.17) is 4.52 Å². The van der Waals surface area contributed by atoms with Crippen LogP contribution in [0.5, 0.6) is 0 Å². The molecule has 10 nitrogen and oxygen atoms in total. The summed E-state index contributed by atoms with van der Waals surface area (Å²) in [6, 6.07) is 10.6. The Morgan fingerprint density at radius 3 is 2.71 bits per heavy atom. The number of aliphatic hydroxyl groups excluding tert-OH is 1. The van der Waals surface area contributed by atoms with Gasteiger partial charge in [-0.2, -0.15) is 0 Å². The summed E-state index contributed by atoms with van der Waals surface area (Å²) < 4.78 is 31.5. The summed E-state index contributed by atoms with van der Waals surface area (Å²) in [6.07, 6.45) is -0.835. The Hall–Kier alpha value is -2.83. The molecular formula is C16H17N5O5S2. The van der Waals surface area contributed by atoms with E-state index in [0.717, 1.165) is 16.9 Å². The summed E-state index contributed by atoms with van der Waals surface area (Å²) in [4.78, 5) is 12.1. The number of benzene rings is 1. The monoisotopic (exact) mass is 423 g/mol. The van der Waals surface area contributed by atoms with E-state index in [2.05, 4.69) is 25.4 Å². The normalized spacial score (nSPS) is 12.5. The van der Waals surface area contributed by atoms with Gasteiger partial charge >= 0.3 is 0 Å². The minimum atomic E-state index is -3.74. The first-order chi connectivity index (χ1) is 13.3. The number of aliphatic hydroxyl groups is 1. The fourth-order valence-corrected chi connectivity index (χ4v) is 4.00. The number of nitrogens with one attached hydrogen (secondary N) is 2. The minimum absolute atomic E-state index is 0.0474. The Morgan fingerprint density at radius 1 is 1.29 bits per heavy atom. The van der Waals surface area contributed by atoms with Crippen LogP contribution in [0, 0.1) is 0 Å². The standard InChI is InChI=1S/C16H17N5O5S2/c1-10(22)15-18-19-16(27-15)21-28(24,25)8-7-17-14(23)12-9-13(26-20-12)11-5-3-2-4-6-11/h2-6,9-10,22H,7-8H2,1H3,(H,17,23)(H,19,21)/t10-/m0/s1. The van der Waals surface area contributed by atoms with Crippen LogP contribution in [0.2, 0.25) is 0 Å². The zero-order chi connectivity index (χ0) is 20.1. The Bertz CT molecular complexity index is 1050. The van der Waals surface area contributed by atoms with Gasteiger partial charge in [-0.05, 0) is 6.92 Å². The maximum atomic E-state index is 12.1. The molecule has 0 bridgehead atoms. The van der Waals surface area contributed by atoms with Gasteiger partial charge in [0, 0.05) is 18.2 Å². The molecule has 0 radical (unpaired) electrons. The van der Waals surface area contributed by atoms with Crippen LogP contribution >= 0.6 is 11.3 Å². The highest BCUT2D eigenvalue weighted by Crippen LogP contribution is 2.22. The lowest BCUT2D eigenvalue weighted by Gasteiger charge is -2.05. The maximum absolute atomic E-state index is 12.1. The second-order valence-corrected chi connectivity index (χ2v) is 8.59. The minimum Gasteiger partial charge on any atom is -0.386 e. The van der Waals surface area contributed by atoms with Gasteiger partial charge in [0.1, 0.15) is 11.1 Å². The van der Waals surface area contributed by atoms with Crippen molar-refractivity contribution in [3.8, 4) is 11.3 Å². The molecule has 1 aromatic carbocycles. The molecule has 0 aliphatic heterocycles. The highest BCUT2D eigenvalue weighted by Gasteiger charge is 2.18. The fraction of sp³-hybridized carbons (Fsp3) is 0.250. The molecule has 148 valence electrons. The summed E-state index contributed by atoms with van der Waals surface area (Å²) in [6.45, 7) is 1.37. The van der Waals surface area contributed by atoms with Gasteiger partial charge in [0.05, 0.1) is 5.75 Å². The Balaban J connectivity index is 1.52. The van der Waals surface area contributed by atoms with Gasteiger partial charge in [-0.25, -0.2) is 8.42 Å². The van der Waals surface area contributed by atoms with Crippen molar-refractivity contribution >= 4 is 32.4 Å². The summed E-state index contributed by atoms with van der Waals surface area (Å²) in [7, 11) is -3.74. The van der Waals surface area contributed by atoms with E-state index in [0.29, 0.717) is 10.8 Å². The fourth-order valence-electron chi connectivity index (χ4n) is 2.14. The topological polar surface area (TPSA) is 147 Å². The van der Waals surface area contributed by atoms with Gasteiger partial charge < -0.3 is 14.9 Å². The predicted molar refractivity (Wildman–Crippen MR) is 102 cm³/mol. The van der Waals surface area contributed by atoms with E-state index in [1.807, 2.05) is 30.3 Å². The molecule has 3 N–H and O–H groups in total. The highest BCUT2D eigenvalue weighted by atomic mass is 32.2. The van der Waals surface area contributed by atoms with Crippen molar-refractivity contribution in [3.63, 3.8) is 0 Å². The number of sulfonamides is 1. The first-order valence-electron chi connectivity index (χ1n) is 8.16. The Labute approximate surface area is 164 Å². The summed E-state index contributed by atoms with van der Waals surface area (Å²) >= 11 is 0.933. The van der Waals surface area contributed by atoms with E-state index >= 15 is 0 Å². The molecule has 0 aliphatic rings. The first kappa shape index (κ1) is 19.9. The van der Waals surface area contributed by atoms with Crippen LogP contribution in [0.1, 0.15) is 28.5 Å². The lowest BCUT2D eigenvalue weighted by atomic mass is 10.1. The number of hydrogen-bond acceptors (Lipinski definition) is 9. The molecular weight excluding hydrogens is 406 g/mol. The van der Waals surface area contributed by atoms with Crippen LogP contribution < -0.4 is 10.0 Å². The van der Waals surface area contributed by atoms with E-state index in [1.54, 1.807) is 0 Å². The van der Waals surface area contributed by atoms with Crippen molar-refractivity contribution in [2.75, 3.05) is 17.0 Å². The molecule has 2 aromatic heterocycles. The number of carbonyl (C=O) groups is 1. The van der Waals surface area contributed by atoms with E-state index in [-0.39, 0.29) is 23.1 Å². The van der Waals surface area contributed by atoms with Gasteiger partial charge in [-0.3, -0.25) is 9.52 Å². The largest absolute Gasteiger partial charge is 0.386 e. The summed E-state index contributed by atoms with van der Waals surface area (Å²) in [5.74, 6) is -0.482. The molecule has 1 atom stereocenters. The highest BCUT2D eigenvalue weighted by molar-refractivity contribution is 7.92. The summed E-state index contributed by atoms with van der Waals surface area (Å²) in [5, 5.41) is 23.2. The smallest absolute Gasteiger partial charge is 0.273 e. The van der Waals surface area contributed by atoms with Crippen LogP contribution in [-0.4, -0.2) is 47.1 Å². The molecule has 2 heterocycles. The quantitative estimate of drug-likeness (QED) is 0.493. The zero-order valence-electron chi connectivity index (χ0n) is 14.7. The molecule has 0 fully saturated rings. The number of anilines is 1. The molecule has 0 spiro atoms. The average Bonchev–Trinajstić information content (AvgIpc) is 3.31. The lowest BCUT2D eigenvalue weighted by molar-refractivity contribution is 0.0947. The molecule has 12 heteroatoms. The zero-order valence-corrected chi connectivity index (χ0v) is 16.3. The van der Waals surface area contributed by atoms with Crippen LogP contribution in [0.25, 0.3) is 11.3 Å². The van der Waals surface area contributed by atoms with Gasteiger partial charge in [-0.15, -0.1) is 10.2 Å². The van der Waals surface area contributed by atoms with E-state index in [9.17, 15) is 18.3 Å². The second kappa shape index (κ2) is 8.46. The number of aromatic nitrogens is 3. The van der Waals surface area contributed by atoms with Gasteiger partial charge in [0.25, 0.3) is 5.91 Å². The number of nitrogens with zero attached hydrogens (tertiary/aromatic N) is 3. The SMILES string of the molecule is C[C@H](O)c1nnc(NS(=O)(=O)CCNC(=O)c2cc(-c3ccccc3)on2)s1. The van der Waals surface area contributed by atoms with E-state index < -0.39 is 22.0 Å². The van der Waals surface area contributed by atoms with Gasteiger partial charge in [0.2, 0.25) is 15.2 Å². The van der Waals surface area contributed by atoms with Crippen molar-refractivity contribution in [1.29, 1.82) is 0 Å². The van der Waals surface area contributed by atoms with Crippen molar-refractivity contribution in [1.82, 2.24) is 20.7 Å². The predicted octanol–water partition coefficient (Wildman–Crippen LogP) is 1.42. The average molecular weight is 423 g/mol. The van der Waals surface area contributed by atoms with Crippen LogP contribution in [0.4, 0.5) is 5.13 Å². The van der Waals surface area contributed by atoms with Crippen molar-refractivity contribution in [2.45, 2.75) is 13.0 Å². The van der Waals surface area contributed by atoms with Crippen molar-refractivity contribution < 1.29 is 22.8 Å². The third kappa shape index (κ3) is 5.12. The van der Waals surface area contributed by atoms with E-state index in [1.165, 1.54) is 13.0 Å². The van der Waals surface area contributed by atoms with Gasteiger partial charge in [0.15, 0.2) is 11.5 Å². The molecule has 0 saturated heterocycles. The number of hydrogen-bond donors (Lipinski definition) is 3.